The number of rotatable bonds is 2. The van der Waals surface area contributed by atoms with Gasteiger partial charge in [0.05, 0.1) is 11.1 Å². The molecule has 4 rings (SSSR count). The van der Waals surface area contributed by atoms with Gasteiger partial charge in [-0.05, 0) is 68.6 Å². The van der Waals surface area contributed by atoms with Gasteiger partial charge in [-0.2, -0.15) is 0 Å². The Morgan fingerprint density at radius 2 is 1.77 bits per heavy atom. The molecule has 3 aliphatic rings. The van der Waals surface area contributed by atoms with Gasteiger partial charge in [-0.3, -0.25) is 14.4 Å². The molecule has 6 nitrogen and oxygen atoms in total. The molecular formula is C25H28O6. The zero-order chi connectivity index (χ0) is 23.0. The molecule has 164 valence electrons. The smallest absolute Gasteiger partial charge is 0.206 e. The predicted molar refractivity (Wildman–Crippen MR) is 115 cm³/mol. The molecule has 3 aliphatic carbocycles. The summed E-state index contributed by atoms with van der Waals surface area (Å²) in [4.78, 5) is 38.7. The van der Waals surface area contributed by atoms with Gasteiger partial charge in [0.2, 0.25) is 11.6 Å². The number of phenolic OH excluding ortho intramolecular Hbond substituents is 1. The normalized spacial score (nSPS) is 28.0. The number of hydrogen-bond acceptors (Lipinski definition) is 6. The highest BCUT2D eigenvalue weighted by atomic mass is 16.3. The number of Topliss-reactive ketones (excluding diaryl/α,β-unsaturated/α-hetero) is 3. The lowest BCUT2D eigenvalue weighted by molar-refractivity contribution is -0.157. The van der Waals surface area contributed by atoms with Crippen LogP contribution in [-0.4, -0.2) is 38.3 Å². The van der Waals surface area contributed by atoms with Crippen LogP contribution in [0, 0.1) is 18.8 Å². The molecule has 0 aliphatic heterocycles. The van der Waals surface area contributed by atoms with E-state index in [9.17, 15) is 29.7 Å². The number of carbonyl (C=O) groups is 3. The Morgan fingerprint density at radius 3 is 2.35 bits per heavy atom. The van der Waals surface area contributed by atoms with Crippen molar-refractivity contribution < 1.29 is 29.7 Å². The minimum Gasteiger partial charge on any atom is -0.507 e. The lowest BCUT2D eigenvalue weighted by Crippen LogP contribution is -2.61. The van der Waals surface area contributed by atoms with Crippen LogP contribution in [0.5, 0.6) is 5.75 Å². The quantitative estimate of drug-likeness (QED) is 0.495. The summed E-state index contributed by atoms with van der Waals surface area (Å²) in [6.45, 7) is 8.73. The fraction of sp³-hybridized carbons (Fsp3) is 0.480. The number of phenols is 1. The third-order valence-corrected chi connectivity index (χ3v) is 7.26. The zero-order valence-electron chi connectivity index (χ0n) is 18.5. The Balaban J connectivity index is 1.94. The second kappa shape index (κ2) is 6.89. The van der Waals surface area contributed by atoms with E-state index in [0.717, 1.165) is 11.1 Å². The number of aromatic hydroxyl groups is 1. The average molecular weight is 424 g/mol. The van der Waals surface area contributed by atoms with E-state index >= 15 is 0 Å². The Bertz CT molecular complexity index is 1120. The van der Waals surface area contributed by atoms with Crippen LogP contribution in [0.2, 0.25) is 0 Å². The van der Waals surface area contributed by atoms with Gasteiger partial charge in [-0.25, -0.2) is 0 Å². The summed E-state index contributed by atoms with van der Waals surface area (Å²) in [5.41, 5.74) is 0.689. The summed E-state index contributed by atoms with van der Waals surface area (Å²) >= 11 is 0. The van der Waals surface area contributed by atoms with E-state index in [1.54, 1.807) is 13.8 Å². The van der Waals surface area contributed by atoms with Crippen LogP contribution in [0.25, 0.3) is 5.76 Å². The van der Waals surface area contributed by atoms with Crippen molar-refractivity contribution >= 4 is 23.1 Å². The van der Waals surface area contributed by atoms with Crippen LogP contribution in [-0.2, 0) is 20.8 Å². The van der Waals surface area contributed by atoms with Gasteiger partial charge in [0, 0.05) is 11.5 Å². The first-order valence-corrected chi connectivity index (χ1v) is 10.7. The van der Waals surface area contributed by atoms with E-state index in [0.29, 0.717) is 24.0 Å². The first-order chi connectivity index (χ1) is 14.4. The van der Waals surface area contributed by atoms with Gasteiger partial charge in [0.1, 0.15) is 11.5 Å². The number of aryl methyl sites for hydroxylation is 1. The summed E-state index contributed by atoms with van der Waals surface area (Å²) in [6, 6.07) is 1.91. The summed E-state index contributed by atoms with van der Waals surface area (Å²) in [5, 5.41) is 33.2. The standard InChI is InChI=1S/C25H28O6/c1-10(2)16-7-12(4)21(27)20-17(16)9-14-8-15-6-11(3)18(13(5)26)23(29)25(15,31)24(30)19(14)22(20)28/h7,10,14-15,27-28,31H,6,8-9H2,1-5H3. The van der Waals surface area contributed by atoms with E-state index in [1.807, 2.05) is 19.9 Å². The first-order valence-electron chi connectivity index (χ1n) is 10.7. The molecule has 0 radical (unpaired) electrons. The monoisotopic (exact) mass is 424 g/mol. The van der Waals surface area contributed by atoms with Crippen molar-refractivity contribution in [2.45, 2.75) is 65.4 Å². The highest BCUT2D eigenvalue weighted by Crippen LogP contribution is 2.52. The van der Waals surface area contributed by atoms with Crippen LogP contribution in [0.15, 0.2) is 22.8 Å². The minimum absolute atomic E-state index is 0.0161. The van der Waals surface area contributed by atoms with Gasteiger partial charge in [-0.1, -0.05) is 25.5 Å². The van der Waals surface area contributed by atoms with Crippen LogP contribution in [0.4, 0.5) is 0 Å². The molecule has 6 heteroatoms. The van der Waals surface area contributed by atoms with Crippen molar-refractivity contribution in [1.82, 2.24) is 0 Å². The molecule has 1 fully saturated rings. The third kappa shape index (κ3) is 2.77. The van der Waals surface area contributed by atoms with Crippen molar-refractivity contribution in [3.8, 4) is 5.75 Å². The Morgan fingerprint density at radius 1 is 1.13 bits per heavy atom. The predicted octanol–water partition coefficient (Wildman–Crippen LogP) is 3.46. The highest BCUT2D eigenvalue weighted by molar-refractivity contribution is 6.33. The van der Waals surface area contributed by atoms with Crippen LogP contribution in [0.3, 0.4) is 0 Å². The van der Waals surface area contributed by atoms with Crippen molar-refractivity contribution in [2.24, 2.45) is 11.8 Å². The van der Waals surface area contributed by atoms with E-state index in [1.165, 1.54) is 6.92 Å². The molecule has 31 heavy (non-hydrogen) atoms. The summed E-state index contributed by atoms with van der Waals surface area (Å²) in [6.07, 6.45) is 1.04. The van der Waals surface area contributed by atoms with Gasteiger partial charge in [0.15, 0.2) is 11.4 Å². The van der Waals surface area contributed by atoms with Gasteiger partial charge >= 0.3 is 0 Å². The van der Waals surface area contributed by atoms with Crippen molar-refractivity contribution in [3.63, 3.8) is 0 Å². The molecule has 1 aromatic rings. The van der Waals surface area contributed by atoms with Crippen molar-refractivity contribution in [2.75, 3.05) is 0 Å². The highest BCUT2D eigenvalue weighted by Gasteiger charge is 2.60. The molecule has 0 heterocycles. The SMILES string of the molecule is CC(=O)C1=C(C)CC2CC3Cc4c(C(C)C)cc(C)c(O)c4C(O)=C3C(=O)C2(O)C1=O. The van der Waals surface area contributed by atoms with Crippen molar-refractivity contribution in [3.05, 3.63) is 45.0 Å². The van der Waals surface area contributed by atoms with Crippen LogP contribution >= 0.6 is 0 Å². The number of ketones is 3. The van der Waals surface area contributed by atoms with Crippen LogP contribution in [0.1, 0.15) is 68.7 Å². The van der Waals surface area contributed by atoms with Crippen LogP contribution < -0.4 is 0 Å². The maximum absolute atomic E-state index is 13.5. The molecule has 0 aromatic heterocycles. The molecule has 0 amide bonds. The maximum atomic E-state index is 13.5. The molecule has 1 saturated carbocycles. The molecule has 3 N–H and O–H groups in total. The largest absolute Gasteiger partial charge is 0.507 e. The first kappa shape index (κ1) is 21.5. The number of fused-ring (bicyclic) bond motifs is 3. The number of allylic oxidation sites excluding steroid dienone is 1. The Hall–Kier alpha value is -2.73. The molecule has 0 saturated heterocycles. The van der Waals surface area contributed by atoms with E-state index < -0.39 is 28.9 Å². The molecule has 3 unspecified atom stereocenters. The van der Waals surface area contributed by atoms with Gasteiger partial charge in [-0.15, -0.1) is 0 Å². The second-order valence-electron chi connectivity index (χ2n) is 9.58. The molecule has 3 atom stereocenters. The summed E-state index contributed by atoms with van der Waals surface area (Å²) < 4.78 is 0. The van der Waals surface area contributed by atoms with Gasteiger partial charge in [0.25, 0.3) is 0 Å². The topological polar surface area (TPSA) is 112 Å². The fourth-order valence-electron chi connectivity index (χ4n) is 5.77. The minimum atomic E-state index is -2.36. The van der Waals surface area contributed by atoms with E-state index in [-0.39, 0.29) is 46.5 Å². The second-order valence-corrected chi connectivity index (χ2v) is 9.58. The summed E-state index contributed by atoms with van der Waals surface area (Å²) in [7, 11) is 0. The lowest BCUT2D eigenvalue weighted by Gasteiger charge is -2.46. The lowest BCUT2D eigenvalue weighted by atomic mass is 9.57. The van der Waals surface area contributed by atoms with Gasteiger partial charge < -0.3 is 15.3 Å². The Kier molecular flexibility index (Phi) is 4.78. The van der Waals surface area contributed by atoms with Crippen molar-refractivity contribution in [1.29, 1.82) is 0 Å². The molecule has 1 aromatic carbocycles. The number of carbonyl (C=O) groups excluding carboxylic acids is 3. The number of benzene rings is 1. The molecule has 0 bridgehead atoms. The number of aliphatic hydroxyl groups is 2. The summed E-state index contributed by atoms with van der Waals surface area (Å²) in [5.74, 6) is -3.54. The zero-order valence-corrected chi connectivity index (χ0v) is 18.5. The number of hydrogen-bond donors (Lipinski definition) is 3. The molecule has 0 spiro atoms. The van der Waals surface area contributed by atoms with E-state index in [2.05, 4.69) is 0 Å². The Labute approximate surface area is 181 Å². The average Bonchev–Trinajstić information content (AvgIpc) is 2.66. The third-order valence-electron chi connectivity index (χ3n) is 7.26. The fourth-order valence-corrected chi connectivity index (χ4v) is 5.77. The number of aliphatic hydroxyl groups excluding tert-OH is 1. The van der Waals surface area contributed by atoms with E-state index in [4.69, 9.17) is 0 Å². The maximum Gasteiger partial charge on any atom is 0.206 e. The molecular weight excluding hydrogens is 396 g/mol.